The maximum Gasteiger partial charge on any atom is 0.121 e. The maximum absolute atomic E-state index is 10.1. The number of ether oxygens (including phenoxy) is 2. The minimum atomic E-state index is 0.0477. The summed E-state index contributed by atoms with van der Waals surface area (Å²) in [6.07, 6.45) is 3.55. The van der Waals surface area contributed by atoms with E-state index in [0.717, 1.165) is 25.0 Å². The Kier molecular flexibility index (Phi) is 3.75. The average Bonchev–Trinajstić information content (AvgIpc) is 2.41. The Hall–Kier alpha value is -1.04. The number of hydrogen-bond donors (Lipinski definition) is 2. The van der Waals surface area contributed by atoms with Crippen LogP contribution in [-0.2, 0) is 16.1 Å². The van der Waals surface area contributed by atoms with Crippen LogP contribution in [0.1, 0.15) is 36.4 Å². The van der Waals surface area contributed by atoms with Crippen LogP contribution in [0.3, 0.4) is 0 Å². The van der Waals surface area contributed by atoms with Crippen molar-refractivity contribution >= 4 is 13.3 Å². The van der Waals surface area contributed by atoms with Gasteiger partial charge >= 0.3 is 0 Å². The first-order valence-electron chi connectivity index (χ1n) is 7.09. The number of benzene rings is 1. The van der Waals surface area contributed by atoms with Crippen LogP contribution in [0.4, 0.5) is 0 Å². The second-order valence-corrected chi connectivity index (χ2v) is 5.89. The van der Waals surface area contributed by atoms with Gasteiger partial charge < -0.3 is 19.9 Å². The molecule has 2 fully saturated rings. The fourth-order valence-corrected chi connectivity index (χ4v) is 3.13. The number of hydrogen-bond acceptors (Lipinski definition) is 4. The van der Waals surface area contributed by atoms with Crippen molar-refractivity contribution < 1.29 is 14.6 Å². The van der Waals surface area contributed by atoms with E-state index in [4.69, 9.17) is 17.3 Å². The van der Waals surface area contributed by atoms with Crippen molar-refractivity contribution in [1.82, 2.24) is 5.32 Å². The summed E-state index contributed by atoms with van der Waals surface area (Å²) in [5, 5.41) is 13.7. The van der Waals surface area contributed by atoms with Gasteiger partial charge in [0.05, 0.1) is 25.9 Å². The molecule has 1 aliphatic carbocycles. The van der Waals surface area contributed by atoms with Gasteiger partial charge in [-0.15, -0.1) is 0 Å². The summed E-state index contributed by atoms with van der Waals surface area (Å²) < 4.78 is 10.8. The zero-order chi connectivity index (χ0) is 14.2. The van der Waals surface area contributed by atoms with E-state index in [2.05, 4.69) is 5.32 Å². The zero-order valence-corrected chi connectivity index (χ0v) is 11.8. The highest BCUT2D eigenvalue weighted by Crippen LogP contribution is 2.37. The lowest BCUT2D eigenvalue weighted by atomic mass is 9.75. The van der Waals surface area contributed by atoms with E-state index < -0.39 is 0 Å². The number of phenolic OH excluding ortho intramolecular Hbond substituents is 1. The Morgan fingerprint density at radius 1 is 1.50 bits per heavy atom. The summed E-state index contributed by atoms with van der Waals surface area (Å²) in [6.45, 7) is 1.72. The van der Waals surface area contributed by atoms with Crippen molar-refractivity contribution in [3.63, 3.8) is 0 Å². The predicted molar refractivity (Wildman–Crippen MR) is 77.5 cm³/mol. The SMILES string of the molecule is [B]c1cc(COC)c(O)cc1C1COCC2(CCC2)N1. The van der Waals surface area contributed by atoms with Crippen LogP contribution in [0.5, 0.6) is 5.75 Å². The summed E-state index contributed by atoms with van der Waals surface area (Å²) in [4.78, 5) is 0. The molecule has 1 aromatic carbocycles. The normalized spacial score (nSPS) is 24.6. The van der Waals surface area contributed by atoms with Gasteiger partial charge in [-0.25, -0.2) is 0 Å². The van der Waals surface area contributed by atoms with Crippen molar-refractivity contribution in [2.45, 2.75) is 37.5 Å². The van der Waals surface area contributed by atoms with Crippen molar-refractivity contribution in [2.24, 2.45) is 0 Å². The molecule has 3 rings (SSSR count). The molecule has 20 heavy (non-hydrogen) atoms. The third-order valence-electron chi connectivity index (χ3n) is 4.41. The molecule has 1 spiro atoms. The van der Waals surface area contributed by atoms with Crippen LogP contribution in [0.25, 0.3) is 0 Å². The molecule has 1 atom stereocenters. The lowest BCUT2D eigenvalue weighted by Crippen LogP contribution is -2.60. The molecule has 1 saturated carbocycles. The van der Waals surface area contributed by atoms with Crippen LogP contribution in [0, 0.1) is 0 Å². The largest absolute Gasteiger partial charge is 0.508 e. The molecule has 0 amide bonds. The van der Waals surface area contributed by atoms with Crippen LogP contribution in [-0.4, -0.2) is 38.8 Å². The lowest BCUT2D eigenvalue weighted by molar-refractivity contribution is -0.0368. The van der Waals surface area contributed by atoms with Gasteiger partial charge in [0, 0.05) is 18.2 Å². The standard InChI is InChI=1S/C15H20BNO3/c1-19-7-10-5-12(16)11(6-14(10)18)13-8-20-9-15(17-13)3-2-4-15/h5-6,13,17-18H,2-4,7-9H2,1H3. The number of morpholine rings is 1. The Morgan fingerprint density at radius 3 is 2.95 bits per heavy atom. The zero-order valence-electron chi connectivity index (χ0n) is 11.8. The number of aromatic hydroxyl groups is 1. The van der Waals surface area contributed by atoms with Crippen molar-refractivity contribution in [3.8, 4) is 5.75 Å². The summed E-state index contributed by atoms with van der Waals surface area (Å²) in [5.74, 6) is 0.228. The van der Waals surface area contributed by atoms with Gasteiger partial charge in [0.2, 0.25) is 0 Å². The maximum atomic E-state index is 10.1. The second kappa shape index (κ2) is 5.39. The highest BCUT2D eigenvalue weighted by atomic mass is 16.5. The summed E-state index contributed by atoms with van der Waals surface area (Å²) in [6, 6.07) is 3.58. The Balaban J connectivity index is 1.84. The van der Waals surface area contributed by atoms with E-state index in [-0.39, 0.29) is 17.3 Å². The highest BCUT2D eigenvalue weighted by molar-refractivity contribution is 6.33. The molecular formula is C15H20BNO3. The number of nitrogens with one attached hydrogen (secondary N) is 1. The van der Waals surface area contributed by atoms with Gasteiger partial charge in [0.25, 0.3) is 0 Å². The Labute approximate surface area is 120 Å². The smallest absolute Gasteiger partial charge is 0.121 e. The van der Waals surface area contributed by atoms with Gasteiger partial charge in [0.15, 0.2) is 0 Å². The van der Waals surface area contributed by atoms with Crippen molar-refractivity contribution in [1.29, 1.82) is 0 Å². The monoisotopic (exact) mass is 273 g/mol. The highest BCUT2D eigenvalue weighted by Gasteiger charge is 2.42. The molecule has 1 unspecified atom stereocenters. The van der Waals surface area contributed by atoms with E-state index in [0.29, 0.717) is 24.2 Å². The van der Waals surface area contributed by atoms with E-state index >= 15 is 0 Å². The molecule has 0 bridgehead atoms. The molecule has 1 saturated heterocycles. The van der Waals surface area contributed by atoms with Gasteiger partial charge in [-0.3, -0.25) is 0 Å². The van der Waals surface area contributed by atoms with Crippen LogP contribution in [0.2, 0.25) is 0 Å². The van der Waals surface area contributed by atoms with Gasteiger partial charge in [-0.2, -0.15) is 0 Å². The molecule has 2 N–H and O–H groups in total. The Morgan fingerprint density at radius 2 is 2.30 bits per heavy atom. The molecular weight excluding hydrogens is 253 g/mol. The third-order valence-corrected chi connectivity index (χ3v) is 4.41. The summed E-state index contributed by atoms with van der Waals surface area (Å²) in [5.41, 5.74) is 2.42. The molecule has 2 radical (unpaired) electrons. The number of methoxy groups -OCH3 is 1. The number of rotatable bonds is 3. The molecule has 5 heteroatoms. The summed E-state index contributed by atoms with van der Waals surface area (Å²) >= 11 is 0. The van der Waals surface area contributed by atoms with Gasteiger partial charge in [0.1, 0.15) is 13.6 Å². The molecule has 1 heterocycles. The quantitative estimate of drug-likeness (QED) is 0.804. The van der Waals surface area contributed by atoms with E-state index in [1.165, 1.54) is 6.42 Å². The Bertz CT molecular complexity index is 502. The topological polar surface area (TPSA) is 50.7 Å². The van der Waals surface area contributed by atoms with Crippen molar-refractivity contribution in [3.05, 3.63) is 23.3 Å². The lowest BCUT2D eigenvalue weighted by Gasteiger charge is -2.48. The molecule has 1 aliphatic heterocycles. The molecule has 4 nitrogen and oxygen atoms in total. The third kappa shape index (κ3) is 2.46. The van der Waals surface area contributed by atoms with Crippen LogP contribution in [0.15, 0.2) is 12.1 Å². The molecule has 1 aromatic rings. The fourth-order valence-electron chi connectivity index (χ4n) is 3.13. The fraction of sp³-hybridized carbons (Fsp3) is 0.600. The van der Waals surface area contributed by atoms with Gasteiger partial charge in [-0.1, -0.05) is 11.5 Å². The minimum absolute atomic E-state index is 0.0477. The van der Waals surface area contributed by atoms with Crippen molar-refractivity contribution in [2.75, 3.05) is 20.3 Å². The first-order valence-corrected chi connectivity index (χ1v) is 7.09. The first kappa shape index (κ1) is 13.9. The van der Waals surface area contributed by atoms with Crippen LogP contribution >= 0.6 is 0 Å². The first-order chi connectivity index (χ1) is 9.63. The molecule has 0 aromatic heterocycles. The average molecular weight is 273 g/mol. The van der Waals surface area contributed by atoms with Crippen LogP contribution < -0.4 is 10.8 Å². The van der Waals surface area contributed by atoms with E-state index in [1.54, 1.807) is 19.2 Å². The molecule has 106 valence electrons. The minimum Gasteiger partial charge on any atom is -0.508 e. The summed E-state index contributed by atoms with van der Waals surface area (Å²) in [7, 11) is 7.73. The van der Waals surface area contributed by atoms with E-state index in [1.807, 2.05) is 0 Å². The number of phenols is 1. The predicted octanol–water partition coefficient (Wildman–Crippen LogP) is 0.916. The second-order valence-electron chi connectivity index (χ2n) is 5.89. The van der Waals surface area contributed by atoms with Gasteiger partial charge in [-0.05, 0) is 30.9 Å². The van der Waals surface area contributed by atoms with E-state index in [9.17, 15) is 5.11 Å². The molecule has 2 aliphatic rings.